The maximum atomic E-state index is 14.1. The van der Waals surface area contributed by atoms with Crippen molar-refractivity contribution in [3.8, 4) is 17.2 Å². The number of amides is 1. The summed E-state index contributed by atoms with van der Waals surface area (Å²) in [5.41, 5.74) is 0.797. The van der Waals surface area contributed by atoms with Gasteiger partial charge in [-0.1, -0.05) is 6.07 Å². The molecule has 2 heterocycles. The summed E-state index contributed by atoms with van der Waals surface area (Å²) in [6.45, 7) is 1.11. The van der Waals surface area contributed by atoms with Gasteiger partial charge < -0.3 is 24.6 Å². The molecule has 1 amide bonds. The van der Waals surface area contributed by atoms with E-state index < -0.39 is 35.1 Å². The molecule has 0 aromatic heterocycles. The van der Waals surface area contributed by atoms with Crippen molar-refractivity contribution in [1.29, 1.82) is 0 Å². The zero-order chi connectivity index (χ0) is 26.4. The van der Waals surface area contributed by atoms with Crippen LogP contribution in [0.15, 0.2) is 60.2 Å². The number of ketones is 1. The fraction of sp³-hybridized carbons (Fsp3) is 0.185. The van der Waals surface area contributed by atoms with Gasteiger partial charge in [-0.2, -0.15) is 0 Å². The van der Waals surface area contributed by atoms with E-state index in [0.29, 0.717) is 24.6 Å². The van der Waals surface area contributed by atoms with Crippen LogP contribution in [0.1, 0.15) is 17.2 Å². The third kappa shape index (κ3) is 4.00. The smallest absolute Gasteiger partial charge is 0.300 e. The zero-order valence-corrected chi connectivity index (χ0v) is 19.9. The topological polar surface area (TPSA) is 99.5 Å². The molecule has 37 heavy (non-hydrogen) atoms. The Balaban J connectivity index is 1.72. The number of halogens is 2. The average molecular weight is 508 g/mol. The van der Waals surface area contributed by atoms with Crippen molar-refractivity contribution in [2.24, 2.45) is 0 Å². The molecule has 1 fully saturated rings. The SMILES string of the molecule is COc1ccc(C2/C(=C(/O)c3ccc4c(c3)N(C)CCO4)C(=O)C(=O)N2c2ccc(F)c(F)c2)cc1O. The van der Waals surface area contributed by atoms with Gasteiger partial charge in [0.2, 0.25) is 0 Å². The van der Waals surface area contributed by atoms with E-state index in [9.17, 15) is 28.6 Å². The number of aliphatic hydroxyl groups excluding tert-OH is 1. The molecule has 2 N–H and O–H groups in total. The Morgan fingerprint density at radius 1 is 1.05 bits per heavy atom. The van der Waals surface area contributed by atoms with Gasteiger partial charge in [-0.25, -0.2) is 8.78 Å². The van der Waals surface area contributed by atoms with Crippen LogP contribution in [-0.4, -0.2) is 49.2 Å². The minimum Gasteiger partial charge on any atom is -0.507 e. The van der Waals surface area contributed by atoms with Gasteiger partial charge in [0.25, 0.3) is 11.7 Å². The monoisotopic (exact) mass is 508 g/mol. The summed E-state index contributed by atoms with van der Waals surface area (Å²) < 4.78 is 38.5. The number of anilines is 2. The van der Waals surface area contributed by atoms with Crippen LogP contribution in [0.5, 0.6) is 17.2 Å². The van der Waals surface area contributed by atoms with Gasteiger partial charge in [0, 0.05) is 24.4 Å². The first kappa shape index (κ1) is 24.1. The summed E-state index contributed by atoms with van der Waals surface area (Å²) >= 11 is 0. The molecule has 0 saturated carbocycles. The first-order chi connectivity index (χ1) is 17.7. The van der Waals surface area contributed by atoms with Gasteiger partial charge in [0.15, 0.2) is 23.1 Å². The van der Waals surface area contributed by atoms with Crippen LogP contribution >= 0.6 is 0 Å². The largest absolute Gasteiger partial charge is 0.507 e. The molecule has 1 atom stereocenters. The van der Waals surface area contributed by atoms with E-state index in [1.165, 1.54) is 25.3 Å². The number of fused-ring (bicyclic) bond motifs is 1. The van der Waals surface area contributed by atoms with Crippen LogP contribution in [0.25, 0.3) is 5.76 Å². The Morgan fingerprint density at radius 3 is 2.54 bits per heavy atom. The van der Waals surface area contributed by atoms with Gasteiger partial charge in [-0.15, -0.1) is 0 Å². The molecule has 0 radical (unpaired) electrons. The number of phenolic OH excluding ortho intramolecular Hbond substituents is 1. The summed E-state index contributed by atoms with van der Waals surface area (Å²) in [5, 5.41) is 21.8. The number of rotatable bonds is 4. The number of carbonyl (C=O) groups excluding carboxylic acids is 2. The number of likely N-dealkylation sites (N-methyl/N-ethyl adjacent to an activating group) is 1. The maximum Gasteiger partial charge on any atom is 0.300 e. The van der Waals surface area contributed by atoms with Crippen molar-refractivity contribution in [3.63, 3.8) is 0 Å². The number of hydrogen-bond donors (Lipinski definition) is 2. The van der Waals surface area contributed by atoms with Crippen LogP contribution in [0.4, 0.5) is 20.2 Å². The highest BCUT2D eigenvalue weighted by atomic mass is 19.2. The second kappa shape index (κ2) is 9.12. The summed E-state index contributed by atoms with van der Waals surface area (Å²) in [6, 6.07) is 10.6. The molecule has 1 saturated heterocycles. The number of benzene rings is 3. The fourth-order valence-corrected chi connectivity index (χ4v) is 4.58. The van der Waals surface area contributed by atoms with Crippen molar-refractivity contribution < 1.29 is 38.1 Å². The van der Waals surface area contributed by atoms with Crippen LogP contribution in [-0.2, 0) is 9.59 Å². The van der Waals surface area contributed by atoms with Crippen molar-refractivity contribution in [2.45, 2.75) is 6.04 Å². The van der Waals surface area contributed by atoms with Gasteiger partial charge in [-0.3, -0.25) is 14.5 Å². The molecule has 0 aliphatic carbocycles. The number of ether oxygens (including phenoxy) is 2. The minimum atomic E-state index is -1.26. The molecule has 3 aromatic rings. The standard InChI is InChI=1S/C27H22F2N2O6/c1-30-9-10-37-21-7-4-15(11-19(21)30)25(33)23-24(14-3-8-22(36-2)20(32)12-14)31(27(35)26(23)34)16-5-6-17(28)18(29)13-16/h3-8,11-13,24,32-33H,9-10H2,1-2H3/b25-23-. The van der Waals surface area contributed by atoms with Gasteiger partial charge in [0.1, 0.15) is 18.1 Å². The highest BCUT2D eigenvalue weighted by Gasteiger charge is 2.47. The van der Waals surface area contributed by atoms with Crippen LogP contribution in [0.3, 0.4) is 0 Å². The van der Waals surface area contributed by atoms with Crippen LogP contribution in [0.2, 0.25) is 0 Å². The second-order valence-corrected chi connectivity index (χ2v) is 8.65. The summed E-state index contributed by atoms with van der Waals surface area (Å²) in [5.74, 6) is -4.41. The minimum absolute atomic E-state index is 0.0982. The zero-order valence-electron chi connectivity index (χ0n) is 19.9. The Morgan fingerprint density at radius 2 is 1.84 bits per heavy atom. The molecule has 10 heteroatoms. The molecular formula is C27H22F2N2O6. The van der Waals surface area contributed by atoms with Crippen molar-refractivity contribution in [3.05, 3.63) is 82.9 Å². The number of aromatic hydroxyl groups is 1. The third-order valence-electron chi connectivity index (χ3n) is 6.47. The van der Waals surface area contributed by atoms with E-state index in [2.05, 4.69) is 0 Å². The lowest BCUT2D eigenvalue weighted by molar-refractivity contribution is -0.132. The second-order valence-electron chi connectivity index (χ2n) is 8.65. The highest BCUT2D eigenvalue weighted by Crippen LogP contribution is 2.45. The maximum absolute atomic E-state index is 14.1. The fourth-order valence-electron chi connectivity index (χ4n) is 4.58. The van der Waals surface area contributed by atoms with Crippen molar-refractivity contribution in [1.82, 2.24) is 0 Å². The van der Waals surface area contributed by atoms with E-state index in [1.807, 2.05) is 11.9 Å². The third-order valence-corrected chi connectivity index (χ3v) is 6.47. The van der Waals surface area contributed by atoms with Gasteiger partial charge >= 0.3 is 0 Å². The molecule has 8 nitrogen and oxygen atoms in total. The van der Waals surface area contributed by atoms with Gasteiger partial charge in [-0.05, 0) is 48.0 Å². The normalized spacial score (nSPS) is 18.5. The summed E-state index contributed by atoms with van der Waals surface area (Å²) in [4.78, 5) is 29.4. The predicted octanol–water partition coefficient (Wildman–Crippen LogP) is 4.13. The number of Topliss-reactive ketones (excluding diaryl/α,β-unsaturated/α-hetero) is 1. The number of nitrogens with zero attached hydrogens (tertiary/aromatic N) is 2. The molecular weight excluding hydrogens is 486 g/mol. The first-order valence-corrected chi connectivity index (χ1v) is 11.3. The lowest BCUT2D eigenvalue weighted by Crippen LogP contribution is -2.29. The number of hydrogen-bond acceptors (Lipinski definition) is 7. The molecule has 5 rings (SSSR count). The Labute approximate surface area is 210 Å². The average Bonchev–Trinajstić information content (AvgIpc) is 3.15. The Kier molecular flexibility index (Phi) is 5.94. The van der Waals surface area contributed by atoms with Crippen molar-refractivity contribution in [2.75, 3.05) is 37.1 Å². The van der Waals surface area contributed by atoms with E-state index in [4.69, 9.17) is 9.47 Å². The lowest BCUT2D eigenvalue weighted by Gasteiger charge is -2.28. The van der Waals surface area contributed by atoms with Gasteiger partial charge in [0.05, 0.1) is 31.0 Å². The first-order valence-electron chi connectivity index (χ1n) is 11.3. The van der Waals surface area contributed by atoms with Crippen LogP contribution in [0, 0.1) is 11.6 Å². The summed E-state index contributed by atoms with van der Waals surface area (Å²) in [6.07, 6.45) is 0. The molecule has 0 spiro atoms. The number of phenols is 1. The molecule has 0 bridgehead atoms. The lowest BCUT2D eigenvalue weighted by atomic mass is 9.94. The van der Waals surface area contributed by atoms with Crippen molar-refractivity contribution >= 4 is 28.8 Å². The van der Waals surface area contributed by atoms with E-state index >= 15 is 0 Å². The van der Waals surface area contributed by atoms with E-state index in [-0.39, 0.29) is 33.9 Å². The Hall–Kier alpha value is -4.60. The van der Waals surface area contributed by atoms with Crippen LogP contribution < -0.4 is 19.3 Å². The number of carbonyl (C=O) groups is 2. The Bertz CT molecular complexity index is 1470. The number of methoxy groups -OCH3 is 1. The molecule has 3 aromatic carbocycles. The number of aliphatic hydroxyl groups is 1. The molecule has 2 aliphatic rings. The quantitative estimate of drug-likeness (QED) is 0.311. The molecule has 1 unspecified atom stereocenters. The predicted molar refractivity (Wildman–Crippen MR) is 131 cm³/mol. The van der Waals surface area contributed by atoms with E-state index in [0.717, 1.165) is 23.1 Å². The summed E-state index contributed by atoms with van der Waals surface area (Å²) in [7, 11) is 3.21. The molecule has 190 valence electrons. The van der Waals surface area contributed by atoms with E-state index in [1.54, 1.807) is 18.2 Å². The highest BCUT2D eigenvalue weighted by molar-refractivity contribution is 6.51. The molecule has 2 aliphatic heterocycles.